The molecular formula is C13H27N3O2. The van der Waals surface area contributed by atoms with E-state index >= 15 is 0 Å². The van der Waals surface area contributed by atoms with Gasteiger partial charge in [0.2, 0.25) is 5.91 Å². The number of nitrogens with one attached hydrogen (secondary N) is 2. The van der Waals surface area contributed by atoms with Crippen LogP contribution in [-0.2, 0) is 9.53 Å². The van der Waals surface area contributed by atoms with Gasteiger partial charge in [-0.05, 0) is 46.8 Å². The monoisotopic (exact) mass is 257 g/mol. The van der Waals surface area contributed by atoms with Crippen molar-refractivity contribution < 1.29 is 9.53 Å². The summed E-state index contributed by atoms with van der Waals surface area (Å²) in [6.07, 6.45) is 3.20. The fourth-order valence-corrected chi connectivity index (χ4v) is 2.03. The Labute approximate surface area is 110 Å². The van der Waals surface area contributed by atoms with Gasteiger partial charge in [-0.2, -0.15) is 0 Å². The quantitative estimate of drug-likeness (QED) is 0.640. The van der Waals surface area contributed by atoms with E-state index in [4.69, 9.17) is 4.74 Å². The van der Waals surface area contributed by atoms with E-state index in [-0.39, 0.29) is 11.4 Å². The van der Waals surface area contributed by atoms with Crippen molar-refractivity contribution in [1.82, 2.24) is 15.5 Å². The van der Waals surface area contributed by atoms with Crippen LogP contribution in [0.4, 0.5) is 0 Å². The number of rotatable bonds is 7. The summed E-state index contributed by atoms with van der Waals surface area (Å²) in [4.78, 5) is 14.1. The highest BCUT2D eigenvalue weighted by Crippen LogP contribution is 2.18. The molecule has 5 heteroatoms. The Hall–Kier alpha value is -0.650. The van der Waals surface area contributed by atoms with Gasteiger partial charge in [0, 0.05) is 13.1 Å². The summed E-state index contributed by atoms with van der Waals surface area (Å²) >= 11 is 0. The van der Waals surface area contributed by atoms with Crippen LogP contribution in [0, 0.1) is 0 Å². The second kappa shape index (κ2) is 7.71. The predicted molar refractivity (Wildman–Crippen MR) is 72.6 cm³/mol. The second-order valence-electron chi connectivity index (χ2n) is 5.39. The molecule has 1 aliphatic rings. The predicted octanol–water partition coefficient (Wildman–Crippen LogP) is 0.213. The number of amides is 1. The van der Waals surface area contributed by atoms with Gasteiger partial charge >= 0.3 is 0 Å². The number of carbonyl (C=O) groups excluding carboxylic acids is 1. The van der Waals surface area contributed by atoms with Crippen molar-refractivity contribution in [2.45, 2.75) is 31.7 Å². The molecule has 5 nitrogen and oxygen atoms in total. The van der Waals surface area contributed by atoms with Crippen LogP contribution < -0.4 is 10.6 Å². The van der Waals surface area contributed by atoms with Gasteiger partial charge in [0.1, 0.15) is 0 Å². The largest absolute Gasteiger partial charge is 0.378 e. The molecule has 0 saturated carbocycles. The average molecular weight is 257 g/mol. The van der Waals surface area contributed by atoms with Crippen molar-refractivity contribution in [3.8, 4) is 0 Å². The van der Waals surface area contributed by atoms with Crippen LogP contribution in [0.2, 0.25) is 0 Å². The van der Waals surface area contributed by atoms with Gasteiger partial charge in [0.25, 0.3) is 0 Å². The summed E-state index contributed by atoms with van der Waals surface area (Å²) in [5, 5.41) is 6.24. The smallest absolute Gasteiger partial charge is 0.240 e. The maximum absolute atomic E-state index is 12.0. The van der Waals surface area contributed by atoms with Crippen molar-refractivity contribution >= 4 is 5.91 Å². The standard InChI is InChI=1S/C13H27N3O2/c1-13(6-4-5-7-15-13)12(17)14-8-10-18-11-9-16(2)3/h15H,4-11H2,1-3H3,(H,14,17). The number of nitrogens with zero attached hydrogens (tertiary/aromatic N) is 1. The molecule has 1 amide bonds. The Morgan fingerprint density at radius 3 is 2.78 bits per heavy atom. The highest BCUT2D eigenvalue weighted by Gasteiger charge is 2.33. The summed E-state index contributed by atoms with van der Waals surface area (Å²) < 4.78 is 5.44. The summed E-state index contributed by atoms with van der Waals surface area (Å²) in [5.41, 5.74) is -0.387. The maximum atomic E-state index is 12.0. The van der Waals surface area contributed by atoms with Gasteiger partial charge in [-0.25, -0.2) is 0 Å². The van der Waals surface area contributed by atoms with Gasteiger partial charge in [0.05, 0.1) is 18.8 Å². The van der Waals surface area contributed by atoms with Crippen molar-refractivity contribution in [2.24, 2.45) is 0 Å². The minimum absolute atomic E-state index is 0.0957. The third-order valence-electron chi connectivity index (χ3n) is 3.33. The Balaban J connectivity index is 2.09. The lowest BCUT2D eigenvalue weighted by atomic mass is 9.90. The summed E-state index contributed by atoms with van der Waals surface area (Å²) in [7, 11) is 4.03. The van der Waals surface area contributed by atoms with E-state index in [1.165, 1.54) is 0 Å². The zero-order valence-electron chi connectivity index (χ0n) is 11.9. The van der Waals surface area contributed by atoms with Crippen molar-refractivity contribution in [1.29, 1.82) is 0 Å². The van der Waals surface area contributed by atoms with Crippen molar-refractivity contribution in [2.75, 3.05) is 46.9 Å². The molecule has 1 heterocycles. The van der Waals surface area contributed by atoms with Crippen LogP contribution in [0.3, 0.4) is 0 Å². The minimum Gasteiger partial charge on any atom is -0.378 e. The number of hydrogen-bond acceptors (Lipinski definition) is 4. The van der Waals surface area contributed by atoms with Crippen LogP contribution in [0.15, 0.2) is 0 Å². The first-order valence-electron chi connectivity index (χ1n) is 6.80. The van der Waals surface area contributed by atoms with Crippen molar-refractivity contribution in [3.63, 3.8) is 0 Å². The molecule has 0 radical (unpaired) electrons. The lowest BCUT2D eigenvalue weighted by Crippen LogP contribution is -2.57. The summed E-state index contributed by atoms with van der Waals surface area (Å²) in [6, 6.07) is 0. The Morgan fingerprint density at radius 2 is 2.17 bits per heavy atom. The molecule has 1 saturated heterocycles. The number of piperidine rings is 1. The molecule has 1 rings (SSSR count). The van der Waals surface area contributed by atoms with E-state index in [1.807, 2.05) is 21.0 Å². The van der Waals surface area contributed by atoms with E-state index in [1.54, 1.807) is 0 Å². The summed E-state index contributed by atoms with van der Waals surface area (Å²) in [5.74, 6) is 0.0957. The van der Waals surface area contributed by atoms with Gasteiger partial charge in [-0.1, -0.05) is 0 Å². The maximum Gasteiger partial charge on any atom is 0.240 e. The van der Waals surface area contributed by atoms with E-state index in [0.29, 0.717) is 19.8 Å². The molecule has 106 valence electrons. The van der Waals surface area contributed by atoms with Gasteiger partial charge < -0.3 is 20.3 Å². The van der Waals surface area contributed by atoms with Gasteiger partial charge in [-0.15, -0.1) is 0 Å². The van der Waals surface area contributed by atoms with Crippen LogP contribution in [0.5, 0.6) is 0 Å². The minimum atomic E-state index is -0.387. The van der Waals surface area contributed by atoms with Gasteiger partial charge in [-0.3, -0.25) is 4.79 Å². The Kier molecular flexibility index (Phi) is 6.60. The lowest BCUT2D eigenvalue weighted by molar-refractivity contribution is -0.128. The van der Waals surface area contributed by atoms with E-state index in [0.717, 1.165) is 32.4 Å². The molecule has 0 bridgehead atoms. The molecule has 0 spiro atoms. The highest BCUT2D eigenvalue weighted by molar-refractivity contribution is 5.85. The van der Waals surface area contributed by atoms with Crippen LogP contribution >= 0.6 is 0 Å². The van der Waals surface area contributed by atoms with E-state index in [2.05, 4.69) is 15.5 Å². The Morgan fingerprint density at radius 1 is 1.39 bits per heavy atom. The first-order valence-corrected chi connectivity index (χ1v) is 6.80. The molecule has 1 atom stereocenters. The average Bonchev–Trinajstić information content (AvgIpc) is 2.34. The molecule has 1 fully saturated rings. The fourth-order valence-electron chi connectivity index (χ4n) is 2.03. The molecule has 0 aromatic carbocycles. The fraction of sp³-hybridized carbons (Fsp3) is 0.923. The molecule has 0 aliphatic carbocycles. The number of hydrogen-bond donors (Lipinski definition) is 2. The third-order valence-corrected chi connectivity index (χ3v) is 3.33. The highest BCUT2D eigenvalue weighted by atomic mass is 16.5. The molecule has 0 aromatic heterocycles. The van der Waals surface area contributed by atoms with Crippen molar-refractivity contribution in [3.05, 3.63) is 0 Å². The zero-order valence-corrected chi connectivity index (χ0v) is 11.9. The second-order valence-corrected chi connectivity index (χ2v) is 5.39. The zero-order chi connectivity index (χ0) is 13.4. The molecule has 1 aliphatic heterocycles. The van der Waals surface area contributed by atoms with Crippen LogP contribution in [0.1, 0.15) is 26.2 Å². The first kappa shape index (κ1) is 15.4. The summed E-state index contributed by atoms with van der Waals surface area (Å²) in [6.45, 7) is 5.70. The first-order chi connectivity index (χ1) is 8.54. The van der Waals surface area contributed by atoms with Gasteiger partial charge in [0.15, 0.2) is 0 Å². The third kappa shape index (κ3) is 5.33. The van der Waals surface area contributed by atoms with Crippen LogP contribution in [-0.4, -0.2) is 63.3 Å². The lowest BCUT2D eigenvalue weighted by Gasteiger charge is -2.33. The normalized spacial score (nSPS) is 24.2. The SMILES string of the molecule is CN(C)CCOCCNC(=O)C1(C)CCCCN1. The topological polar surface area (TPSA) is 53.6 Å². The van der Waals surface area contributed by atoms with E-state index in [9.17, 15) is 4.79 Å². The molecule has 18 heavy (non-hydrogen) atoms. The molecule has 1 unspecified atom stereocenters. The van der Waals surface area contributed by atoms with Crippen LogP contribution in [0.25, 0.3) is 0 Å². The Bertz CT molecular complexity index is 251. The molecule has 2 N–H and O–H groups in total. The number of carbonyl (C=O) groups is 1. The van der Waals surface area contributed by atoms with E-state index < -0.39 is 0 Å². The molecule has 0 aromatic rings. The number of likely N-dealkylation sites (N-methyl/N-ethyl adjacent to an activating group) is 1. The molecular weight excluding hydrogens is 230 g/mol. The number of ether oxygens (including phenoxy) is 1.